The van der Waals surface area contributed by atoms with Gasteiger partial charge in [-0.05, 0) is 0 Å². The number of nitrogens with one attached hydrogen (secondary N) is 1. The molecular formula is C3H2Cl3N3. The van der Waals surface area contributed by atoms with Crippen LogP contribution in [0.2, 0.25) is 0 Å². The highest BCUT2D eigenvalue weighted by Gasteiger charge is 2.25. The summed E-state index contributed by atoms with van der Waals surface area (Å²) >= 11 is 16.2. The number of nitrogens with zero attached hydrogens (tertiary/aromatic N) is 2. The summed E-state index contributed by atoms with van der Waals surface area (Å²) in [5.74, 6) is 0. The minimum atomic E-state index is -1.47. The highest BCUT2D eigenvalue weighted by molar-refractivity contribution is 6.66. The van der Waals surface area contributed by atoms with E-state index in [-0.39, 0.29) is 0 Å². The first-order valence-electron chi connectivity index (χ1n) is 2.04. The van der Waals surface area contributed by atoms with Crippen LogP contribution in [0.4, 0.5) is 0 Å². The van der Waals surface area contributed by atoms with E-state index in [9.17, 15) is 0 Å². The van der Waals surface area contributed by atoms with E-state index in [0.29, 0.717) is 5.69 Å². The van der Waals surface area contributed by atoms with Gasteiger partial charge in [0.15, 0.2) is 0 Å². The van der Waals surface area contributed by atoms with Gasteiger partial charge < -0.3 is 0 Å². The van der Waals surface area contributed by atoms with Crippen molar-refractivity contribution >= 4 is 34.8 Å². The normalized spacial score (nSPS) is 11.9. The van der Waals surface area contributed by atoms with E-state index < -0.39 is 3.79 Å². The zero-order chi connectivity index (χ0) is 6.91. The van der Waals surface area contributed by atoms with E-state index in [1.54, 1.807) is 0 Å². The predicted molar refractivity (Wildman–Crippen MR) is 35.6 cm³/mol. The van der Waals surface area contributed by atoms with Crippen LogP contribution in [-0.2, 0) is 3.79 Å². The molecule has 3 nitrogen and oxygen atoms in total. The minimum Gasteiger partial charge on any atom is -0.265 e. The van der Waals surface area contributed by atoms with Crippen LogP contribution in [0.5, 0.6) is 0 Å². The Morgan fingerprint density at radius 3 is 2.33 bits per heavy atom. The Balaban J connectivity index is 2.90. The molecule has 0 saturated carbocycles. The second-order valence-corrected chi connectivity index (χ2v) is 3.64. The molecule has 0 aliphatic heterocycles. The second kappa shape index (κ2) is 2.33. The Labute approximate surface area is 66.3 Å². The maximum atomic E-state index is 5.41. The summed E-state index contributed by atoms with van der Waals surface area (Å²) in [4.78, 5) is 0. The average Bonchev–Trinajstić information content (AvgIpc) is 2.08. The van der Waals surface area contributed by atoms with E-state index in [4.69, 9.17) is 34.8 Å². The fourth-order valence-electron chi connectivity index (χ4n) is 0.340. The van der Waals surface area contributed by atoms with Crippen LogP contribution in [0.15, 0.2) is 6.20 Å². The largest absolute Gasteiger partial charge is 0.265 e. The fraction of sp³-hybridized carbons (Fsp3) is 0.333. The molecule has 0 bridgehead atoms. The van der Waals surface area contributed by atoms with Gasteiger partial charge in [-0.1, -0.05) is 40.0 Å². The minimum absolute atomic E-state index is 0.299. The standard InChI is InChI=1S/C3H2Cl3N3/c4-3(5,6)2-1-7-9-8-2/h1H,(H,7,8,9). The SMILES string of the molecule is ClC(Cl)(Cl)c1c[nH]nn1. The third-order valence-electron chi connectivity index (χ3n) is 0.707. The Bertz CT molecular complexity index is 177. The number of hydrogen-bond donors (Lipinski definition) is 1. The molecule has 6 heteroatoms. The van der Waals surface area contributed by atoms with Crippen LogP contribution < -0.4 is 0 Å². The maximum absolute atomic E-state index is 5.41. The van der Waals surface area contributed by atoms with Crippen molar-refractivity contribution in [1.82, 2.24) is 15.4 Å². The summed E-state index contributed by atoms with van der Waals surface area (Å²) in [5, 5.41) is 9.27. The summed E-state index contributed by atoms with van der Waals surface area (Å²) in [6, 6.07) is 0. The number of H-pyrrole nitrogens is 1. The Morgan fingerprint density at radius 2 is 2.11 bits per heavy atom. The van der Waals surface area contributed by atoms with Gasteiger partial charge in [-0.2, -0.15) is 0 Å². The Hall–Kier alpha value is 0.01000. The number of alkyl halides is 3. The summed E-state index contributed by atoms with van der Waals surface area (Å²) in [5.41, 5.74) is 0.299. The molecular weight excluding hydrogens is 184 g/mol. The molecule has 0 saturated heterocycles. The Morgan fingerprint density at radius 1 is 1.44 bits per heavy atom. The van der Waals surface area contributed by atoms with Crippen LogP contribution in [0.1, 0.15) is 5.69 Å². The van der Waals surface area contributed by atoms with Crippen LogP contribution in [-0.4, -0.2) is 15.4 Å². The average molecular weight is 186 g/mol. The molecule has 0 radical (unpaired) electrons. The lowest BCUT2D eigenvalue weighted by atomic mass is 10.5. The van der Waals surface area contributed by atoms with Gasteiger partial charge in [0.1, 0.15) is 5.69 Å². The summed E-state index contributed by atoms with van der Waals surface area (Å²) in [6.45, 7) is 0. The van der Waals surface area contributed by atoms with Crippen molar-refractivity contribution in [2.45, 2.75) is 3.79 Å². The fourth-order valence-corrected chi connectivity index (χ4v) is 0.617. The lowest BCUT2D eigenvalue weighted by molar-refractivity contribution is 0.915. The third kappa shape index (κ3) is 1.71. The highest BCUT2D eigenvalue weighted by atomic mass is 35.6. The molecule has 0 aromatic carbocycles. The molecule has 1 aromatic rings. The van der Waals surface area contributed by atoms with Gasteiger partial charge >= 0.3 is 0 Å². The van der Waals surface area contributed by atoms with Gasteiger partial charge in [0.05, 0.1) is 0 Å². The first-order valence-corrected chi connectivity index (χ1v) is 3.18. The third-order valence-corrected chi connectivity index (χ3v) is 1.29. The van der Waals surface area contributed by atoms with Crippen molar-refractivity contribution in [2.24, 2.45) is 0 Å². The van der Waals surface area contributed by atoms with Crippen LogP contribution in [0.25, 0.3) is 0 Å². The van der Waals surface area contributed by atoms with E-state index in [1.807, 2.05) is 0 Å². The maximum Gasteiger partial charge on any atom is 0.235 e. The monoisotopic (exact) mass is 185 g/mol. The van der Waals surface area contributed by atoms with E-state index in [0.717, 1.165) is 0 Å². The lowest BCUT2D eigenvalue weighted by Gasteiger charge is -2.02. The van der Waals surface area contributed by atoms with E-state index >= 15 is 0 Å². The predicted octanol–water partition coefficient (Wildman–Crippen LogP) is 1.63. The second-order valence-electron chi connectivity index (χ2n) is 1.36. The van der Waals surface area contributed by atoms with Crippen molar-refractivity contribution in [3.8, 4) is 0 Å². The van der Waals surface area contributed by atoms with Crippen LogP contribution in [0, 0.1) is 0 Å². The van der Waals surface area contributed by atoms with Crippen molar-refractivity contribution in [3.05, 3.63) is 11.9 Å². The van der Waals surface area contributed by atoms with Gasteiger partial charge in [-0.3, -0.25) is 5.10 Å². The van der Waals surface area contributed by atoms with Crippen molar-refractivity contribution in [1.29, 1.82) is 0 Å². The van der Waals surface area contributed by atoms with E-state index in [1.165, 1.54) is 6.20 Å². The number of halogens is 3. The topological polar surface area (TPSA) is 41.6 Å². The highest BCUT2D eigenvalue weighted by Crippen LogP contribution is 2.35. The number of rotatable bonds is 0. The molecule has 0 aliphatic carbocycles. The first-order chi connectivity index (χ1) is 4.11. The molecule has 50 valence electrons. The van der Waals surface area contributed by atoms with Crippen LogP contribution in [0.3, 0.4) is 0 Å². The lowest BCUT2D eigenvalue weighted by Crippen LogP contribution is -1.99. The van der Waals surface area contributed by atoms with Gasteiger partial charge in [-0.25, -0.2) is 0 Å². The smallest absolute Gasteiger partial charge is 0.235 e. The molecule has 0 amide bonds. The molecule has 1 N–H and O–H groups in total. The number of aromatic amines is 1. The van der Waals surface area contributed by atoms with Crippen molar-refractivity contribution in [3.63, 3.8) is 0 Å². The quantitative estimate of drug-likeness (QED) is 0.626. The van der Waals surface area contributed by atoms with Crippen molar-refractivity contribution in [2.75, 3.05) is 0 Å². The molecule has 0 atom stereocenters. The number of hydrogen-bond acceptors (Lipinski definition) is 2. The van der Waals surface area contributed by atoms with E-state index in [2.05, 4.69) is 15.4 Å². The molecule has 9 heavy (non-hydrogen) atoms. The molecule has 0 spiro atoms. The Kier molecular flexibility index (Phi) is 1.84. The van der Waals surface area contributed by atoms with Gasteiger partial charge in [0.2, 0.25) is 3.79 Å². The number of aromatic nitrogens is 3. The first kappa shape index (κ1) is 7.12. The van der Waals surface area contributed by atoms with Gasteiger partial charge in [-0.15, -0.1) is 5.10 Å². The zero-order valence-electron chi connectivity index (χ0n) is 4.11. The molecule has 0 aliphatic rings. The van der Waals surface area contributed by atoms with Gasteiger partial charge in [0.25, 0.3) is 0 Å². The molecule has 0 unspecified atom stereocenters. The molecule has 1 aromatic heterocycles. The molecule has 1 rings (SSSR count). The van der Waals surface area contributed by atoms with Gasteiger partial charge in [0, 0.05) is 6.20 Å². The summed E-state index contributed by atoms with van der Waals surface area (Å²) < 4.78 is -1.47. The van der Waals surface area contributed by atoms with Crippen LogP contribution >= 0.6 is 34.8 Å². The summed E-state index contributed by atoms with van der Waals surface area (Å²) in [6.07, 6.45) is 1.42. The summed E-state index contributed by atoms with van der Waals surface area (Å²) in [7, 11) is 0. The van der Waals surface area contributed by atoms with Crippen molar-refractivity contribution < 1.29 is 0 Å². The molecule has 0 fully saturated rings. The zero-order valence-corrected chi connectivity index (χ0v) is 6.37. The molecule has 1 heterocycles.